The van der Waals surface area contributed by atoms with Gasteiger partial charge < -0.3 is 9.84 Å². The average molecular weight is 261 g/mol. The Labute approximate surface area is 111 Å². The van der Waals surface area contributed by atoms with E-state index in [2.05, 4.69) is 0 Å². The van der Waals surface area contributed by atoms with Gasteiger partial charge in [0.15, 0.2) is 0 Å². The lowest BCUT2D eigenvalue weighted by molar-refractivity contribution is -0.136. The summed E-state index contributed by atoms with van der Waals surface area (Å²) >= 11 is 0. The van der Waals surface area contributed by atoms with Crippen LogP contribution in [0.1, 0.15) is 34.8 Å². The van der Waals surface area contributed by atoms with Crippen LogP contribution in [0, 0.1) is 11.3 Å². The summed E-state index contributed by atoms with van der Waals surface area (Å²) in [5, 5.41) is 17.4. The lowest BCUT2D eigenvalue weighted by Gasteiger charge is -2.08. The second kappa shape index (κ2) is 7.17. The molecule has 1 rings (SSSR count). The summed E-state index contributed by atoms with van der Waals surface area (Å²) < 4.78 is 4.91. The molecule has 1 aromatic rings. The molecule has 0 amide bonds. The van der Waals surface area contributed by atoms with Gasteiger partial charge in [0, 0.05) is 6.42 Å². The molecule has 0 atom stereocenters. The summed E-state index contributed by atoms with van der Waals surface area (Å²) in [4.78, 5) is 22.2. The van der Waals surface area contributed by atoms with Gasteiger partial charge in [-0.3, -0.25) is 4.79 Å². The molecule has 0 aliphatic rings. The van der Waals surface area contributed by atoms with E-state index in [1.807, 2.05) is 6.07 Å². The molecule has 0 aliphatic heterocycles. The molecule has 100 valence electrons. The summed E-state index contributed by atoms with van der Waals surface area (Å²) in [6.45, 7) is 1.98. The van der Waals surface area contributed by atoms with Crippen molar-refractivity contribution < 1.29 is 19.4 Å². The zero-order chi connectivity index (χ0) is 14.3. The Kier molecular flexibility index (Phi) is 5.55. The van der Waals surface area contributed by atoms with E-state index in [1.54, 1.807) is 25.1 Å². The average Bonchev–Trinajstić information content (AvgIpc) is 2.37. The predicted molar refractivity (Wildman–Crippen MR) is 67.7 cm³/mol. The van der Waals surface area contributed by atoms with E-state index in [1.165, 1.54) is 0 Å². The number of ether oxygens (including phenoxy) is 1. The molecule has 0 aliphatic carbocycles. The maximum absolute atomic E-state index is 11.7. The highest BCUT2D eigenvalue weighted by atomic mass is 16.5. The van der Waals surface area contributed by atoms with Gasteiger partial charge in [-0.05, 0) is 30.5 Å². The highest BCUT2D eigenvalue weighted by Crippen LogP contribution is 2.15. The maximum Gasteiger partial charge on any atom is 0.338 e. The SMILES string of the molecule is CCOC(=O)c1ccc(CCC(=O)O)cc1CC#N. The smallest absolute Gasteiger partial charge is 0.338 e. The molecule has 5 nitrogen and oxygen atoms in total. The van der Waals surface area contributed by atoms with E-state index in [4.69, 9.17) is 15.1 Å². The van der Waals surface area contributed by atoms with E-state index in [0.717, 1.165) is 5.56 Å². The molecule has 0 saturated carbocycles. The Balaban J connectivity index is 2.97. The third kappa shape index (κ3) is 4.43. The van der Waals surface area contributed by atoms with Crippen molar-refractivity contribution in [2.45, 2.75) is 26.2 Å². The van der Waals surface area contributed by atoms with Crippen molar-refractivity contribution in [2.24, 2.45) is 0 Å². The monoisotopic (exact) mass is 261 g/mol. The molecule has 5 heteroatoms. The molecule has 0 unspecified atom stereocenters. The number of hydrogen-bond donors (Lipinski definition) is 1. The lowest BCUT2D eigenvalue weighted by Crippen LogP contribution is -2.09. The molecule has 0 spiro atoms. The van der Waals surface area contributed by atoms with Gasteiger partial charge in [-0.2, -0.15) is 5.26 Å². The summed E-state index contributed by atoms with van der Waals surface area (Å²) in [7, 11) is 0. The summed E-state index contributed by atoms with van der Waals surface area (Å²) in [5.74, 6) is -1.34. The maximum atomic E-state index is 11.7. The van der Waals surface area contributed by atoms with Gasteiger partial charge in [0.05, 0.1) is 24.7 Å². The van der Waals surface area contributed by atoms with E-state index in [-0.39, 0.29) is 19.4 Å². The van der Waals surface area contributed by atoms with Gasteiger partial charge in [-0.1, -0.05) is 12.1 Å². The highest BCUT2D eigenvalue weighted by Gasteiger charge is 2.13. The molecule has 0 fully saturated rings. The number of aliphatic carboxylic acids is 1. The van der Waals surface area contributed by atoms with Crippen LogP contribution >= 0.6 is 0 Å². The molecule has 0 saturated heterocycles. The van der Waals surface area contributed by atoms with Crippen LogP contribution in [0.5, 0.6) is 0 Å². The standard InChI is InChI=1S/C14H15NO4/c1-2-19-14(18)12-5-3-10(4-6-13(16)17)9-11(12)7-8-15/h3,5,9H,2,4,6-7H2,1H3,(H,16,17). The van der Waals surface area contributed by atoms with Crippen LogP contribution in [-0.4, -0.2) is 23.7 Å². The number of hydrogen-bond acceptors (Lipinski definition) is 4. The zero-order valence-electron chi connectivity index (χ0n) is 10.7. The van der Waals surface area contributed by atoms with E-state index < -0.39 is 11.9 Å². The number of nitrogens with zero attached hydrogens (tertiary/aromatic N) is 1. The fraction of sp³-hybridized carbons (Fsp3) is 0.357. The van der Waals surface area contributed by atoms with E-state index in [0.29, 0.717) is 17.5 Å². The van der Waals surface area contributed by atoms with Crippen molar-refractivity contribution in [2.75, 3.05) is 6.61 Å². The van der Waals surface area contributed by atoms with Gasteiger partial charge in [0.2, 0.25) is 0 Å². The molecular weight excluding hydrogens is 246 g/mol. The number of carbonyl (C=O) groups excluding carboxylic acids is 1. The Hall–Kier alpha value is -2.35. The molecule has 19 heavy (non-hydrogen) atoms. The molecule has 0 heterocycles. The first kappa shape index (κ1) is 14.7. The van der Waals surface area contributed by atoms with Crippen LogP contribution in [0.15, 0.2) is 18.2 Å². The van der Waals surface area contributed by atoms with Crippen LogP contribution in [0.3, 0.4) is 0 Å². The lowest BCUT2D eigenvalue weighted by atomic mass is 9.99. The molecule has 0 bridgehead atoms. The second-order valence-electron chi connectivity index (χ2n) is 3.94. The first-order chi connectivity index (χ1) is 9.08. The van der Waals surface area contributed by atoms with Crippen LogP contribution in [0.4, 0.5) is 0 Å². The topological polar surface area (TPSA) is 87.4 Å². The number of carbonyl (C=O) groups is 2. The fourth-order valence-electron chi connectivity index (χ4n) is 1.69. The largest absolute Gasteiger partial charge is 0.481 e. The Morgan fingerprint density at radius 3 is 2.74 bits per heavy atom. The number of benzene rings is 1. The van der Waals surface area contributed by atoms with Crippen LogP contribution in [0.2, 0.25) is 0 Å². The predicted octanol–water partition coefficient (Wildman–Crippen LogP) is 1.95. The molecule has 0 aromatic heterocycles. The van der Waals surface area contributed by atoms with E-state index in [9.17, 15) is 9.59 Å². The zero-order valence-corrected chi connectivity index (χ0v) is 10.7. The van der Waals surface area contributed by atoms with Crippen molar-refractivity contribution >= 4 is 11.9 Å². The normalized spacial score (nSPS) is 9.68. The Bertz CT molecular complexity index is 517. The fourth-order valence-corrected chi connectivity index (χ4v) is 1.69. The van der Waals surface area contributed by atoms with Gasteiger partial charge in [-0.15, -0.1) is 0 Å². The number of aryl methyl sites for hydroxylation is 1. The minimum Gasteiger partial charge on any atom is -0.481 e. The summed E-state index contributed by atoms with van der Waals surface area (Å²) in [6, 6.07) is 6.96. The number of carboxylic acids is 1. The minimum absolute atomic E-state index is 0.0186. The first-order valence-electron chi connectivity index (χ1n) is 5.96. The van der Waals surface area contributed by atoms with Crippen LogP contribution in [-0.2, 0) is 22.4 Å². The third-order valence-corrected chi connectivity index (χ3v) is 2.56. The van der Waals surface area contributed by atoms with Crippen molar-refractivity contribution in [3.8, 4) is 6.07 Å². The number of carboxylic acid groups (broad SMARTS) is 1. The second-order valence-corrected chi connectivity index (χ2v) is 3.94. The first-order valence-corrected chi connectivity index (χ1v) is 5.96. The quantitative estimate of drug-likeness (QED) is 0.791. The molecular formula is C14H15NO4. The molecule has 1 aromatic carbocycles. The summed E-state index contributed by atoms with van der Waals surface area (Å²) in [6.07, 6.45) is 0.483. The van der Waals surface area contributed by atoms with Gasteiger partial charge in [-0.25, -0.2) is 4.79 Å². The van der Waals surface area contributed by atoms with Crippen molar-refractivity contribution in [1.29, 1.82) is 5.26 Å². The van der Waals surface area contributed by atoms with Crippen molar-refractivity contribution in [3.63, 3.8) is 0 Å². The Morgan fingerprint density at radius 2 is 2.16 bits per heavy atom. The summed E-state index contributed by atoms with van der Waals surface area (Å²) in [5.41, 5.74) is 1.73. The van der Waals surface area contributed by atoms with Crippen molar-refractivity contribution in [1.82, 2.24) is 0 Å². The molecule has 0 radical (unpaired) electrons. The van der Waals surface area contributed by atoms with Crippen LogP contribution in [0.25, 0.3) is 0 Å². The number of nitriles is 1. The Morgan fingerprint density at radius 1 is 1.42 bits per heavy atom. The minimum atomic E-state index is -0.878. The van der Waals surface area contributed by atoms with Gasteiger partial charge in [0.25, 0.3) is 0 Å². The molecule has 1 N–H and O–H groups in total. The van der Waals surface area contributed by atoms with Crippen LogP contribution < -0.4 is 0 Å². The van der Waals surface area contributed by atoms with E-state index >= 15 is 0 Å². The number of esters is 1. The van der Waals surface area contributed by atoms with Crippen molar-refractivity contribution in [3.05, 3.63) is 34.9 Å². The number of rotatable bonds is 6. The van der Waals surface area contributed by atoms with Gasteiger partial charge in [0.1, 0.15) is 0 Å². The van der Waals surface area contributed by atoms with Gasteiger partial charge >= 0.3 is 11.9 Å². The highest BCUT2D eigenvalue weighted by molar-refractivity contribution is 5.91. The third-order valence-electron chi connectivity index (χ3n) is 2.56.